The van der Waals surface area contributed by atoms with E-state index in [1.807, 2.05) is 30.3 Å². The molecule has 3 N–H and O–H groups in total. The molecule has 2 aliphatic carbocycles. The average Bonchev–Trinajstić information content (AvgIpc) is 3.14. The van der Waals surface area contributed by atoms with Crippen LogP contribution in [0.4, 0.5) is 0 Å². The van der Waals surface area contributed by atoms with Crippen molar-refractivity contribution in [2.24, 2.45) is 5.73 Å². The van der Waals surface area contributed by atoms with E-state index < -0.39 is 0 Å². The van der Waals surface area contributed by atoms with Gasteiger partial charge < -0.3 is 20.3 Å². The summed E-state index contributed by atoms with van der Waals surface area (Å²) in [6, 6.07) is 16.8. The van der Waals surface area contributed by atoms with Gasteiger partial charge in [-0.05, 0) is 73.3 Å². The SMILES string of the molecule is N[C@]1(CO)CC[C@H](c2ccc3c(c2)CCC(OCCOc2ccccc2)C3)C1. The summed E-state index contributed by atoms with van der Waals surface area (Å²) in [5.41, 5.74) is 10.1. The van der Waals surface area contributed by atoms with Gasteiger partial charge in [0.05, 0.1) is 19.3 Å². The number of rotatable bonds is 7. The van der Waals surface area contributed by atoms with Crippen LogP contribution in [0.5, 0.6) is 5.75 Å². The summed E-state index contributed by atoms with van der Waals surface area (Å²) in [6.45, 7) is 1.29. The molecule has 4 rings (SSSR count). The molecule has 2 aromatic carbocycles. The monoisotopic (exact) mass is 381 g/mol. The van der Waals surface area contributed by atoms with Crippen LogP contribution < -0.4 is 10.5 Å². The van der Waals surface area contributed by atoms with Crippen molar-refractivity contribution in [2.45, 2.75) is 56.1 Å². The lowest BCUT2D eigenvalue weighted by molar-refractivity contribution is 0.0262. The molecule has 3 atom stereocenters. The van der Waals surface area contributed by atoms with Gasteiger partial charge in [0, 0.05) is 5.54 Å². The van der Waals surface area contributed by atoms with Crippen LogP contribution in [0, 0.1) is 0 Å². The van der Waals surface area contributed by atoms with Gasteiger partial charge in [-0.2, -0.15) is 0 Å². The Morgan fingerprint density at radius 3 is 2.68 bits per heavy atom. The predicted octanol–water partition coefficient (Wildman–Crippen LogP) is 3.60. The number of fused-ring (bicyclic) bond motifs is 1. The number of para-hydroxylation sites is 1. The molecular weight excluding hydrogens is 350 g/mol. The first-order valence-electron chi connectivity index (χ1n) is 10.5. The highest BCUT2D eigenvalue weighted by atomic mass is 16.5. The molecule has 2 aliphatic rings. The minimum atomic E-state index is -0.388. The van der Waals surface area contributed by atoms with Gasteiger partial charge in [0.1, 0.15) is 12.4 Å². The number of hydrogen-bond acceptors (Lipinski definition) is 4. The molecular formula is C24H31NO3. The smallest absolute Gasteiger partial charge is 0.119 e. The normalized spacial score (nSPS) is 26.8. The Labute approximate surface area is 167 Å². The molecule has 0 aliphatic heterocycles. The lowest BCUT2D eigenvalue weighted by Crippen LogP contribution is -2.40. The predicted molar refractivity (Wildman–Crippen MR) is 111 cm³/mol. The number of aryl methyl sites for hydroxylation is 1. The summed E-state index contributed by atoms with van der Waals surface area (Å²) in [5.74, 6) is 1.37. The van der Waals surface area contributed by atoms with Crippen molar-refractivity contribution in [2.75, 3.05) is 19.8 Å². The fraction of sp³-hybridized carbons (Fsp3) is 0.500. The van der Waals surface area contributed by atoms with Crippen molar-refractivity contribution in [3.63, 3.8) is 0 Å². The number of hydrogen-bond donors (Lipinski definition) is 2. The van der Waals surface area contributed by atoms with Crippen molar-refractivity contribution in [3.05, 3.63) is 65.2 Å². The Balaban J connectivity index is 1.27. The Morgan fingerprint density at radius 1 is 1.04 bits per heavy atom. The van der Waals surface area contributed by atoms with E-state index in [0.717, 1.165) is 44.3 Å². The minimum absolute atomic E-state index is 0.0848. The minimum Gasteiger partial charge on any atom is -0.491 e. The fourth-order valence-corrected chi connectivity index (χ4v) is 4.61. The van der Waals surface area contributed by atoms with E-state index in [0.29, 0.717) is 19.1 Å². The standard InChI is InChI=1S/C24H31NO3/c25-24(17-26)11-10-21(16-24)19-6-7-20-15-23(9-8-18(20)14-19)28-13-12-27-22-4-2-1-3-5-22/h1-7,14,21,23,26H,8-13,15-17,25H2/t21-,23?,24+/m0/s1. The molecule has 150 valence electrons. The van der Waals surface area contributed by atoms with E-state index in [1.54, 1.807) is 0 Å². The van der Waals surface area contributed by atoms with E-state index in [4.69, 9.17) is 15.2 Å². The van der Waals surface area contributed by atoms with Crippen LogP contribution in [0.3, 0.4) is 0 Å². The highest BCUT2D eigenvalue weighted by Gasteiger charge is 2.36. The van der Waals surface area contributed by atoms with Crippen molar-refractivity contribution in [1.29, 1.82) is 0 Å². The third kappa shape index (κ3) is 4.57. The summed E-state index contributed by atoms with van der Waals surface area (Å²) in [6.07, 6.45) is 6.24. The fourth-order valence-electron chi connectivity index (χ4n) is 4.61. The van der Waals surface area contributed by atoms with Crippen molar-refractivity contribution >= 4 is 0 Å². The van der Waals surface area contributed by atoms with Crippen LogP contribution in [0.1, 0.15) is 48.3 Å². The first-order chi connectivity index (χ1) is 13.6. The highest BCUT2D eigenvalue weighted by Crippen LogP contribution is 2.40. The Kier molecular flexibility index (Phi) is 6.00. The maximum atomic E-state index is 9.52. The zero-order chi connectivity index (χ0) is 19.4. The number of ether oxygens (including phenoxy) is 2. The number of nitrogens with two attached hydrogens (primary N) is 1. The van der Waals surface area contributed by atoms with Crippen LogP contribution in [0.25, 0.3) is 0 Å². The molecule has 0 aromatic heterocycles. The molecule has 0 heterocycles. The van der Waals surface area contributed by atoms with Crippen LogP contribution in [-0.4, -0.2) is 36.6 Å². The van der Waals surface area contributed by atoms with Gasteiger partial charge >= 0.3 is 0 Å². The lowest BCUT2D eigenvalue weighted by atomic mass is 9.85. The molecule has 0 bridgehead atoms. The van der Waals surface area contributed by atoms with Gasteiger partial charge in [-0.25, -0.2) is 0 Å². The average molecular weight is 382 g/mol. The Hall–Kier alpha value is -1.88. The largest absolute Gasteiger partial charge is 0.491 e. The van der Waals surface area contributed by atoms with Gasteiger partial charge in [0.25, 0.3) is 0 Å². The molecule has 0 amide bonds. The van der Waals surface area contributed by atoms with Crippen molar-refractivity contribution in [1.82, 2.24) is 0 Å². The molecule has 0 radical (unpaired) electrons. The molecule has 0 spiro atoms. The zero-order valence-corrected chi connectivity index (χ0v) is 16.5. The summed E-state index contributed by atoms with van der Waals surface area (Å²) in [4.78, 5) is 0. The highest BCUT2D eigenvalue weighted by molar-refractivity contribution is 5.37. The topological polar surface area (TPSA) is 64.7 Å². The second kappa shape index (κ2) is 8.64. The van der Waals surface area contributed by atoms with Crippen LogP contribution >= 0.6 is 0 Å². The van der Waals surface area contributed by atoms with Crippen LogP contribution in [-0.2, 0) is 17.6 Å². The van der Waals surface area contributed by atoms with Gasteiger partial charge in [-0.15, -0.1) is 0 Å². The van der Waals surface area contributed by atoms with E-state index in [-0.39, 0.29) is 18.2 Å². The Morgan fingerprint density at radius 2 is 1.89 bits per heavy atom. The molecule has 4 heteroatoms. The van der Waals surface area contributed by atoms with Crippen molar-refractivity contribution < 1.29 is 14.6 Å². The molecule has 1 saturated carbocycles. The maximum absolute atomic E-state index is 9.52. The van der Waals surface area contributed by atoms with Crippen LogP contribution in [0.15, 0.2) is 48.5 Å². The Bertz CT molecular complexity index is 779. The number of benzene rings is 2. The maximum Gasteiger partial charge on any atom is 0.119 e. The summed E-state index contributed by atoms with van der Waals surface area (Å²) < 4.78 is 11.8. The zero-order valence-electron chi connectivity index (χ0n) is 16.5. The quantitative estimate of drug-likeness (QED) is 0.720. The van der Waals surface area contributed by atoms with E-state index >= 15 is 0 Å². The second-order valence-electron chi connectivity index (χ2n) is 8.39. The molecule has 1 fully saturated rings. The summed E-state index contributed by atoms with van der Waals surface area (Å²) in [7, 11) is 0. The van der Waals surface area contributed by atoms with Gasteiger partial charge in [0.2, 0.25) is 0 Å². The summed E-state index contributed by atoms with van der Waals surface area (Å²) >= 11 is 0. The number of aliphatic hydroxyl groups excluding tert-OH is 1. The second-order valence-corrected chi connectivity index (χ2v) is 8.39. The molecule has 2 aromatic rings. The summed E-state index contributed by atoms with van der Waals surface area (Å²) in [5, 5.41) is 9.52. The van der Waals surface area contributed by atoms with E-state index in [2.05, 4.69) is 18.2 Å². The van der Waals surface area contributed by atoms with Gasteiger partial charge in [-0.1, -0.05) is 36.4 Å². The first-order valence-corrected chi connectivity index (χ1v) is 10.5. The van der Waals surface area contributed by atoms with E-state index in [9.17, 15) is 5.11 Å². The molecule has 28 heavy (non-hydrogen) atoms. The first kappa shape index (κ1) is 19.4. The molecule has 4 nitrogen and oxygen atoms in total. The third-order valence-electron chi connectivity index (χ3n) is 6.29. The van der Waals surface area contributed by atoms with Crippen LogP contribution in [0.2, 0.25) is 0 Å². The molecule has 0 saturated heterocycles. The van der Waals surface area contributed by atoms with E-state index in [1.165, 1.54) is 16.7 Å². The lowest BCUT2D eigenvalue weighted by Gasteiger charge is -2.26. The third-order valence-corrected chi connectivity index (χ3v) is 6.29. The molecule has 1 unspecified atom stereocenters. The van der Waals surface area contributed by atoms with Gasteiger partial charge in [-0.3, -0.25) is 0 Å². The number of aliphatic hydroxyl groups is 1. The van der Waals surface area contributed by atoms with Crippen molar-refractivity contribution in [3.8, 4) is 5.75 Å². The van der Waals surface area contributed by atoms with Gasteiger partial charge in [0.15, 0.2) is 0 Å².